The molecule has 2 aromatic carbocycles. The summed E-state index contributed by atoms with van der Waals surface area (Å²) in [6.45, 7) is 13.8. The van der Waals surface area contributed by atoms with Gasteiger partial charge in [-0.15, -0.1) is 0 Å². The van der Waals surface area contributed by atoms with E-state index in [2.05, 4.69) is 106 Å². The molecule has 0 amide bonds. The second kappa shape index (κ2) is 5.08. The van der Waals surface area contributed by atoms with Crippen molar-refractivity contribution in [2.75, 3.05) is 0 Å². The Balaban J connectivity index is 2.11. The Morgan fingerprint density at radius 1 is 0.840 bits per heavy atom. The lowest BCUT2D eigenvalue weighted by Crippen LogP contribution is -2.64. The lowest BCUT2D eigenvalue weighted by molar-refractivity contribution is -0.759. The second-order valence-corrected chi connectivity index (χ2v) is 8.33. The number of fused-ring (bicyclic) bond motifs is 3. The lowest BCUT2D eigenvalue weighted by Gasteiger charge is -2.43. The van der Waals surface area contributed by atoms with Gasteiger partial charge in [0.05, 0.1) is 5.56 Å². The van der Waals surface area contributed by atoms with Gasteiger partial charge in [0.2, 0.25) is 0 Å². The minimum absolute atomic E-state index is 0.0154. The van der Waals surface area contributed by atoms with Crippen molar-refractivity contribution in [1.82, 2.24) is 4.57 Å². The van der Waals surface area contributed by atoms with E-state index in [-0.39, 0.29) is 11.0 Å². The van der Waals surface area contributed by atoms with E-state index in [0.29, 0.717) is 0 Å². The maximum atomic E-state index is 2.46. The van der Waals surface area contributed by atoms with Crippen LogP contribution in [0.15, 0.2) is 54.9 Å². The number of rotatable bonds is 1. The van der Waals surface area contributed by atoms with Crippen molar-refractivity contribution in [2.45, 2.75) is 52.5 Å². The van der Waals surface area contributed by atoms with Crippen LogP contribution in [-0.2, 0) is 11.0 Å². The van der Waals surface area contributed by atoms with Gasteiger partial charge in [-0.1, -0.05) is 50.2 Å². The molecule has 0 radical (unpaired) electrons. The van der Waals surface area contributed by atoms with Crippen LogP contribution in [0, 0.1) is 13.8 Å². The molecule has 0 bridgehead atoms. The molecule has 128 valence electrons. The number of benzene rings is 2. The predicted molar refractivity (Wildman–Crippen MR) is 103 cm³/mol. The predicted octanol–water partition coefficient (Wildman–Crippen LogP) is 5.07. The number of nitrogens with zero attached hydrogens (tertiary/aromatic N) is 2. The zero-order valence-corrected chi connectivity index (χ0v) is 16.1. The van der Waals surface area contributed by atoms with Gasteiger partial charge in [-0.2, -0.15) is 4.57 Å². The fraction of sp³-hybridized carbons (Fsp3) is 0.348. The number of hydrogen-bond donors (Lipinski definition) is 0. The summed E-state index contributed by atoms with van der Waals surface area (Å²) in [6, 6.07) is 15.4. The van der Waals surface area contributed by atoms with Gasteiger partial charge in [-0.25, -0.2) is 4.57 Å². The minimum atomic E-state index is -0.0154. The molecule has 4 rings (SSSR count). The molecular weight excluding hydrogens is 304 g/mol. The third kappa shape index (κ3) is 2.00. The van der Waals surface area contributed by atoms with Crippen molar-refractivity contribution >= 4 is 0 Å². The van der Waals surface area contributed by atoms with Gasteiger partial charge in [0.1, 0.15) is 23.6 Å². The van der Waals surface area contributed by atoms with Gasteiger partial charge >= 0.3 is 0 Å². The first-order chi connectivity index (χ1) is 11.8. The molecule has 0 N–H and O–H groups in total. The van der Waals surface area contributed by atoms with E-state index in [4.69, 9.17) is 0 Å². The summed E-state index contributed by atoms with van der Waals surface area (Å²) in [7, 11) is 0. The molecular formula is C23H27N2+. The number of aromatic nitrogens is 2. The molecule has 0 spiro atoms. The van der Waals surface area contributed by atoms with Gasteiger partial charge in [0.15, 0.2) is 0 Å². The third-order valence-electron chi connectivity index (χ3n) is 6.47. The fourth-order valence-corrected chi connectivity index (χ4v) is 4.32. The van der Waals surface area contributed by atoms with E-state index in [0.717, 1.165) is 0 Å². The Morgan fingerprint density at radius 2 is 1.48 bits per heavy atom. The molecule has 0 atom stereocenters. The Bertz CT molecular complexity index is 953. The molecule has 2 heterocycles. The van der Waals surface area contributed by atoms with Crippen LogP contribution in [0.1, 0.15) is 44.4 Å². The first kappa shape index (κ1) is 16.1. The Kier molecular flexibility index (Phi) is 3.28. The quantitative estimate of drug-likeness (QED) is 0.550. The third-order valence-corrected chi connectivity index (χ3v) is 6.47. The highest BCUT2D eigenvalue weighted by Gasteiger charge is 2.51. The Labute approximate surface area is 150 Å². The number of imidazole rings is 1. The van der Waals surface area contributed by atoms with E-state index in [1.165, 1.54) is 33.8 Å². The van der Waals surface area contributed by atoms with Crippen LogP contribution in [0.2, 0.25) is 0 Å². The van der Waals surface area contributed by atoms with Gasteiger partial charge in [0.25, 0.3) is 5.82 Å². The standard InChI is InChI=1S/C23H27N2/c1-16-10-9-11-17(2)20(16)24-14-15-25-21(24)18-12-7-8-13-19(18)22(3,4)23(25,5)6/h7-15H,1-6H3/q+1. The van der Waals surface area contributed by atoms with Crippen molar-refractivity contribution in [2.24, 2.45) is 0 Å². The first-order valence-electron chi connectivity index (χ1n) is 9.07. The van der Waals surface area contributed by atoms with Crippen LogP contribution in [0.3, 0.4) is 0 Å². The summed E-state index contributed by atoms with van der Waals surface area (Å²) in [4.78, 5) is 0. The van der Waals surface area contributed by atoms with Crippen molar-refractivity contribution in [3.8, 4) is 17.1 Å². The molecule has 0 saturated heterocycles. The largest absolute Gasteiger partial charge is 0.294 e. The zero-order chi connectivity index (χ0) is 18.0. The van der Waals surface area contributed by atoms with Crippen molar-refractivity contribution in [3.05, 3.63) is 71.5 Å². The number of para-hydroxylation sites is 1. The van der Waals surface area contributed by atoms with Crippen molar-refractivity contribution in [1.29, 1.82) is 0 Å². The highest BCUT2D eigenvalue weighted by atomic mass is 15.2. The van der Waals surface area contributed by atoms with Crippen molar-refractivity contribution in [3.63, 3.8) is 0 Å². The van der Waals surface area contributed by atoms with Crippen LogP contribution < -0.4 is 4.57 Å². The SMILES string of the molecule is Cc1cccc(C)c1-n1cc[n+]2c1-c1ccccc1C(C)(C)C2(C)C. The maximum Gasteiger partial charge on any atom is 0.294 e. The minimum Gasteiger partial charge on any atom is -0.224 e. The number of hydrogen-bond acceptors (Lipinski definition) is 0. The summed E-state index contributed by atoms with van der Waals surface area (Å²) in [6.07, 6.45) is 4.48. The highest BCUT2D eigenvalue weighted by Crippen LogP contribution is 2.46. The average Bonchev–Trinajstić information content (AvgIpc) is 2.99. The molecule has 2 heteroatoms. The number of aryl methyl sites for hydroxylation is 2. The van der Waals surface area contributed by atoms with Crippen molar-refractivity contribution < 1.29 is 4.57 Å². The van der Waals surface area contributed by atoms with E-state index >= 15 is 0 Å². The summed E-state index contributed by atoms with van der Waals surface area (Å²) < 4.78 is 4.84. The maximum absolute atomic E-state index is 2.46. The van der Waals surface area contributed by atoms with Gasteiger partial charge in [-0.3, -0.25) is 0 Å². The highest BCUT2D eigenvalue weighted by molar-refractivity contribution is 5.66. The van der Waals surface area contributed by atoms with E-state index < -0.39 is 0 Å². The zero-order valence-electron chi connectivity index (χ0n) is 16.1. The topological polar surface area (TPSA) is 8.81 Å². The molecule has 3 aromatic rings. The van der Waals surface area contributed by atoms with E-state index in [9.17, 15) is 0 Å². The Hall–Kier alpha value is -2.35. The van der Waals surface area contributed by atoms with Gasteiger partial charge < -0.3 is 0 Å². The van der Waals surface area contributed by atoms with Crippen LogP contribution in [0.5, 0.6) is 0 Å². The molecule has 25 heavy (non-hydrogen) atoms. The fourth-order valence-electron chi connectivity index (χ4n) is 4.32. The summed E-state index contributed by atoms with van der Waals surface area (Å²) >= 11 is 0. The first-order valence-corrected chi connectivity index (χ1v) is 9.07. The average molecular weight is 331 g/mol. The molecule has 2 nitrogen and oxygen atoms in total. The molecule has 1 aliphatic heterocycles. The van der Waals surface area contributed by atoms with Crippen LogP contribution in [-0.4, -0.2) is 4.57 Å². The monoisotopic (exact) mass is 331 g/mol. The molecule has 1 aromatic heterocycles. The van der Waals surface area contributed by atoms with Crippen LogP contribution >= 0.6 is 0 Å². The molecule has 0 fully saturated rings. The molecule has 0 unspecified atom stereocenters. The lowest BCUT2D eigenvalue weighted by atomic mass is 9.66. The summed E-state index contributed by atoms with van der Waals surface area (Å²) in [5.74, 6) is 1.28. The van der Waals surface area contributed by atoms with Crippen LogP contribution in [0.25, 0.3) is 17.1 Å². The van der Waals surface area contributed by atoms with E-state index in [1.807, 2.05) is 0 Å². The molecule has 0 aliphatic carbocycles. The second-order valence-electron chi connectivity index (χ2n) is 8.33. The molecule has 1 aliphatic rings. The van der Waals surface area contributed by atoms with E-state index in [1.54, 1.807) is 0 Å². The van der Waals surface area contributed by atoms with Crippen LogP contribution in [0.4, 0.5) is 0 Å². The summed E-state index contributed by atoms with van der Waals surface area (Å²) in [5.41, 5.74) is 6.69. The van der Waals surface area contributed by atoms with Gasteiger partial charge in [-0.05, 0) is 50.5 Å². The Morgan fingerprint density at radius 3 is 2.16 bits per heavy atom. The van der Waals surface area contributed by atoms with Gasteiger partial charge in [0, 0.05) is 5.41 Å². The molecule has 0 saturated carbocycles. The normalized spacial score (nSPS) is 17.0. The summed E-state index contributed by atoms with van der Waals surface area (Å²) in [5, 5.41) is 0. The smallest absolute Gasteiger partial charge is 0.224 e.